The first kappa shape index (κ1) is 12.3. The summed E-state index contributed by atoms with van der Waals surface area (Å²) in [5.74, 6) is 0.693. The van der Waals surface area contributed by atoms with Gasteiger partial charge < -0.3 is 5.73 Å². The van der Waals surface area contributed by atoms with Gasteiger partial charge in [0.15, 0.2) is 5.82 Å². The van der Waals surface area contributed by atoms with Crippen LogP contribution in [-0.4, -0.2) is 20.0 Å². The molecule has 1 fully saturated rings. The molecule has 0 unspecified atom stereocenters. The summed E-state index contributed by atoms with van der Waals surface area (Å²) in [6.07, 6.45) is 3.92. The first-order chi connectivity index (χ1) is 10.2. The van der Waals surface area contributed by atoms with Gasteiger partial charge in [-0.25, -0.2) is 9.07 Å². The molecule has 1 saturated carbocycles. The van der Waals surface area contributed by atoms with Crippen molar-refractivity contribution in [2.24, 2.45) is 0 Å². The third-order valence-corrected chi connectivity index (χ3v) is 3.89. The van der Waals surface area contributed by atoms with Crippen molar-refractivity contribution in [2.45, 2.75) is 25.3 Å². The number of nitrogens with two attached hydrogens (primary N) is 1. The number of nitrogen functional groups attached to an aromatic ring is 1. The molecule has 21 heavy (non-hydrogen) atoms. The summed E-state index contributed by atoms with van der Waals surface area (Å²) in [6.45, 7) is 0.504. The maximum absolute atomic E-state index is 13.8. The summed E-state index contributed by atoms with van der Waals surface area (Å²) in [5.41, 5.74) is 8.47. The Morgan fingerprint density at radius 3 is 2.95 bits per heavy atom. The molecule has 6 heteroatoms. The van der Waals surface area contributed by atoms with E-state index in [1.54, 1.807) is 24.4 Å². The van der Waals surface area contributed by atoms with E-state index in [-0.39, 0.29) is 5.82 Å². The number of nitrogens with zero attached hydrogens (tertiary/aromatic N) is 4. The molecule has 2 N–H and O–H groups in total. The number of anilines is 1. The van der Waals surface area contributed by atoms with Crippen LogP contribution in [0.25, 0.3) is 10.9 Å². The predicted octanol–water partition coefficient (Wildman–Crippen LogP) is 2.47. The van der Waals surface area contributed by atoms with Gasteiger partial charge in [-0.05, 0) is 31.0 Å². The Kier molecular flexibility index (Phi) is 2.63. The van der Waals surface area contributed by atoms with E-state index in [2.05, 4.69) is 15.3 Å². The highest BCUT2D eigenvalue weighted by atomic mass is 19.1. The lowest BCUT2D eigenvalue weighted by Gasteiger charge is -2.09. The normalized spacial score (nSPS) is 14.7. The minimum Gasteiger partial charge on any atom is -0.381 e. The van der Waals surface area contributed by atoms with Crippen LogP contribution >= 0.6 is 0 Å². The van der Waals surface area contributed by atoms with E-state index in [1.165, 1.54) is 6.07 Å². The van der Waals surface area contributed by atoms with E-state index in [0.29, 0.717) is 29.2 Å². The van der Waals surface area contributed by atoms with E-state index in [1.807, 2.05) is 4.68 Å². The second-order valence-electron chi connectivity index (χ2n) is 5.40. The van der Waals surface area contributed by atoms with E-state index in [0.717, 1.165) is 24.1 Å². The van der Waals surface area contributed by atoms with Gasteiger partial charge in [-0.15, -0.1) is 5.10 Å². The molecule has 5 nitrogen and oxygen atoms in total. The third-order valence-electron chi connectivity index (χ3n) is 3.89. The molecule has 0 atom stereocenters. The molecule has 3 aromatic rings. The first-order valence-electron chi connectivity index (χ1n) is 6.95. The van der Waals surface area contributed by atoms with Crippen LogP contribution in [0.15, 0.2) is 30.5 Å². The molecule has 0 saturated heterocycles. The van der Waals surface area contributed by atoms with Crippen molar-refractivity contribution >= 4 is 16.7 Å². The molecule has 0 aliphatic heterocycles. The van der Waals surface area contributed by atoms with Gasteiger partial charge in [0.25, 0.3) is 0 Å². The number of hydrogen-bond acceptors (Lipinski definition) is 4. The van der Waals surface area contributed by atoms with Crippen LogP contribution in [-0.2, 0) is 6.54 Å². The van der Waals surface area contributed by atoms with Crippen LogP contribution in [0.4, 0.5) is 10.2 Å². The second kappa shape index (κ2) is 4.51. The van der Waals surface area contributed by atoms with Gasteiger partial charge >= 0.3 is 0 Å². The maximum Gasteiger partial charge on any atom is 0.169 e. The number of fused-ring (bicyclic) bond motifs is 1. The van der Waals surface area contributed by atoms with Crippen LogP contribution in [0.5, 0.6) is 0 Å². The van der Waals surface area contributed by atoms with Gasteiger partial charge in [0, 0.05) is 23.1 Å². The zero-order valence-corrected chi connectivity index (χ0v) is 11.3. The van der Waals surface area contributed by atoms with Gasteiger partial charge in [-0.1, -0.05) is 11.3 Å². The Bertz CT molecular complexity index is 822. The monoisotopic (exact) mass is 283 g/mol. The summed E-state index contributed by atoms with van der Waals surface area (Å²) < 4.78 is 15.6. The smallest absolute Gasteiger partial charge is 0.169 e. The lowest BCUT2D eigenvalue weighted by Crippen LogP contribution is -2.07. The molecule has 106 valence electrons. The maximum atomic E-state index is 13.8. The minimum absolute atomic E-state index is 0.262. The van der Waals surface area contributed by atoms with Crippen molar-refractivity contribution in [3.05, 3.63) is 47.5 Å². The van der Waals surface area contributed by atoms with Crippen LogP contribution < -0.4 is 5.73 Å². The van der Waals surface area contributed by atoms with E-state index in [4.69, 9.17) is 5.73 Å². The van der Waals surface area contributed by atoms with Gasteiger partial charge in [-0.3, -0.25) is 4.98 Å². The lowest BCUT2D eigenvalue weighted by molar-refractivity contribution is 0.617. The van der Waals surface area contributed by atoms with E-state index in [9.17, 15) is 4.39 Å². The molecular formula is C15H14FN5. The Morgan fingerprint density at radius 2 is 2.14 bits per heavy atom. The van der Waals surface area contributed by atoms with Crippen molar-refractivity contribution in [3.63, 3.8) is 0 Å². The summed E-state index contributed by atoms with van der Waals surface area (Å²) in [5, 5.41) is 8.61. The fourth-order valence-corrected chi connectivity index (χ4v) is 2.71. The summed E-state index contributed by atoms with van der Waals surface area (Å²) in [4.78, 5) is 4.30. The number of halogens is 1. The second-order valence-corrected chi connectivity index (χ2v) is 5.40. The van der Waals surface area contributed by atoms with Crippen molar-refractivity contribution in [1.29, 1.82) is 0 Å². The Hall–Kier alpha value is -2.50. The SMILES string of the molecule is Nc1nnn(Cc2ccc(F)c3cccnc23)c1C1CC1. The highest BCUT2D eigenvalue weighted by Crippen LogP contribution is 2.42. The predicted molar refractivity (Wildman–Crippen MR) is 77.2 cm³/mol. The van der Waals surface area contributed by atoms with Crippen molar-refractivity contribution in [2.75, 3.05) is 5.73 Å². The molecule has 1 aromatic carbocycles. The molecule has 2 aromatic heterocycles. The highest BCUT2D eigenvalue weighted by Gasteiger charge is 2.30. The Balaban J connectivity index is 1.80. The fraction of sp³-hybridized carbons (Fsp3) is 0.267. The largest absolute Gasteiger partial charge is 0.381 e. The van der Waals surface area contributed by atoms with E-state index < -0.39 is 0 Å². The van der Waals surface area contributed by atoms with Crippen LogP contribution in [0.1, 0.15) is 30.0 Å². The molecule has 4 rings (SSSR count). The molecule has 0 amide bonds. The molecule has 0 bridgehead atoms. The van der Waals surface area contributed by atoms with Crippen molar-refractivity contribution in [1.82, 2.24) is 20.0 Å². The number of aromatic nitrogens is 4. The molecule has 2 heterocycles. The van der Waals surface area contributed by atoms with Crippen molar-refractivity contribution in [3.8, 4) is 0 Å². The lowest BCUT2D eigenvalue weighted by atomic mass is 10.1. The molecular weight excluding hydrogens is 269 g/mol. The molecule has 0 radical (unpaired) electrons. The number of pyridine rings is 1. The summed E-state index contributed by atoms with van der Waals surface area (Å²) in [7, 11) is 0. The van der Waals surface area contributed by atoms with Crippen LogP contribution in [0, 0.1) is 5.82 Å². The summed E-state index contributed by atoms with van der Waals surface area (Å²) >= 11 is 0. The first-order valence-corrected chi connectivity index (χ1v) is 6.95. The standard InChI is InChI=1S/C15H14FN5/c16-12-6-5-10(13-11(12)2-1-7-18-13)8-21-14(9-3-4-9)15(17)19-20-21/h1-2,5-7,9H,3-4,8,17H2. The average molecular weight is 283 g/mol. The summed E-state index contributed by atoms with van der Waals surface area (Å²) in [6, 6.07) is 6.69. The van der Waals surface area contributed by atoms with Gasteiger partial charge in [0.1, 0.15) is 5.82 Å². The van der Waals surface area contributed by atoms with Crippen LogP contribution in [0.3, 0.4) is 0 Å². The number of rotatable bonds is 3. The van der Waals surface area contributed by atoms with E-state index >= 15 is 0 Å². The number of benzene rings is 1. The zero-order valence-electron chi connectivity index (χ0n) is 11.3. The van der Waals surface area contributed by atoms with Crippen LogP contribution in [0.2, 0.25) is 0 Å². The average Bonchev–Trinajstić information content (AvgIpc) is 3.27. The highest BCUT2D eigenvalue weighted by molar-refractivity contribution is 5.82. The quantitative estimate of drug-likeness (QED) is 0.801. The molecule has 1 aliphatic carbocycles. The zero-order chi connectivity index (χ0) is 14.4. The molecule has 0 spiro atoms. The van der Waals surface area contributed by atoms with Gasteiger partial charge in [0.2, 0.25) is 0 Å². The van der Waals surface area contributed by atoms with Gasteiger partial charge in [0.05, 0.1) is 17.8 Å². The van der Waals surface area contributed by atoms with Crippen molar-refractivity contribution < 1.29 is 4.39 Å². The number of hydrogen-bond donors (Lipinski definition) is 1. The third kappa shape index (κ3) is 2.03. The van der Waals surface area contributed by atoms with Gasteiger partial charge in [-0.2, -0.15) is 0 Å². The fourth-order valence-electron chi connectivity index (χ4n) is 2.71. The topological polar surface area (TPSA) is 69.6 Å². The Labute approximate surface area is 120 Å². The minimum atomic E-state index is -0.262. The Morgan fingerprint density at radius 1 is 1.29 bits per heavy atom. The molecule has 1 aliphatic rings.